The molecule has 32 heavy (non-hydrogen) atoms. The molecule has 0 bridgehead atoms. The molecular formula is C24H23N5O3. The largest absolute Gasteiger partial charge is 0.351 e. The zero-order valence-corrected chi connectivity index (χ0v) is 17.6. The molecule has 1 aliphatic carbocycles. The van der Waals surface area contributed by atoms with Crippen molar-refractivity contribution in [3.8, 4) is 6.07 Å². The van der Waals surface area contributed by atoms with Gasteiger partial charge in [0.2, 0.25) is 0 Å². The van der Waals surface area contributed by atoms with Crippen molar-refractivity contribution in [3.05, 3.63) is 71.4 Å². The van der Waals surface area contributed by atoms with Crippen LogP contribution in [-0.4, -0.2) is 28.8 Å². The van der Waals surface area contributed by atoms with Crippen LogP contribution < -0.4 is 16.0 Å². The number of hydrogen-bond donors (Lipinski definition) is 3. The number of amides is 3. The summed E-state index contributed by atoms with van der Waals surface area (Å²) in [5, 5.41) is 17.5. The van der Waals surface area contributed by atoms with Crippen LogP contribution in [0.2, 0.25) is 0 Å². The second-order valence-corrected chi connectivity index (χ2v) is 7.88. The fourth-order valence-electron chi connectivity index (χ4n) is 3.94. The summed E-state index contributed by atoms with van der Waals surface area (Å²) < 4.78 is 2.06. The molecule has 4 rings (SSSR count). The van der Waals surface area contributed by atoms with Crippen LogP contribution in [0.5, 0.6) is 0 Å². The molecule has 8 nitrogen and oxygen atoms in total. The molecule has 2 aromatic carbocycles. The summed E-state index contributed by atoms with van der Waals surface area (Å²) >= 11 is 0. The lowest BCUT2D eigenvalue weighted by Gasteiger charge is -2.20. The normalized spacial score (nSPS) is 13.8. The number of fused-ring (bicyclic) bond motifs is 1. The Balaban J connectivity index is 1.50. The second kappa shape index (κ2) is 8.55. The number of rotatable bonds is 6. The van der Waals surface area contributed by atoms with Gasteiger partial charge >= 0.3 is 11.8 Å². The van der Waals surface area contributed by atoms with E-state index < -0.39 is 17.4 Å². The predicted molar refractivity (Wildman–Crippen MR) is 118 cm³/mol. The lowest BCUT2D eigenvalue weighted by molar-refractivity contribution is -0.139. The molecule has 162 valence electrons. The smallest absolute Gasteiger partial charge is 0.310 e. The molecule has 0 atom stereocenters. The van der Waals surface area contributed by atoms with Gasteiger partial charge in [-0.25, -0.2) is 0 Å². The fourth-order valence-corrected chi connectivity index (χ4v) is 3.94. The predicted octanol–water partition coefficient (Wildman–Crippen LogP) is 1.85. The van der Waals surface area contributed by atoms with E-state index in [1.165, 1.54) is 0 Å². The van der Waals surface area contributed by atoms with E-state index in [1.54, 1.807) is 30.3 Å². The minimum absolute atomic E-state index is 0.0175. The molecule has 0 spiro atoms. The van der Waals surface area contributed by atoms with Gasteiger partial charge in [0.25, 0.3) is 5.91 Å². The first kappa shape index (κ1) is 21.1. The van der Waals surface area contributed by atoms with E-state index >= 15 is 0 Å². The highest BCUT2D eigenvalue weighted by molar-refractivity contribution is 6.35. The van der Waals surface area contributed by atoms with Crippen LogP contribution in [0, 0.1) is 11.3 Å². The topological polar surface area (TPSA) is 116 Å². The SMILES string of the molecule is Cn1ccc2c(C3(NC(=O)c4ccccc4CNC(=O)C(=O)NCC#N)CC3)cccc21. The second-order valence-electron chi connectivity index (χ2n) is 7.88. The van der Waals surface area contributed by atoms with Crippen molar-refractivity contribution in [2.75, 3.05) is 6.54 Å². The number of aryl methyl sites for hydroxylation is 1. The molecule has 1 fully saturated rings. The third-order valence-corrected chi connectivity index (χ3v) is 5.78. The molecular weight excluding hydrogens is 406 g/mol. The molecule has 0 unspecified atom stereocenters. The number of benzene rings is 2. The molecule has 3 amide bonds. The molecule has 0 radical (unpaired) electrons. The van der Waals surface area contributed by atoms with Crippen molar-refractivity contribution in [3.63, 3.8) is 0 Å². The highest BCUT2D eigenvalue weighted by Gasteiger charge is 2.47. The molecule has 8 heteroatoms. The number of carbonyl (C=O) groups is 3. The maximum absolute atomic E-state index is 13.2. The number of nitrogens with one attached hydrogen (secondary N) is 3. The minimum Gasteiger partial charge on any atom is -0.351 e. The van der Waals surface area contributed by atoms with Crippen LogP contribution in [0.15, 0.2) is 54.7 Å². The Morgan fingerprint density at radius 3 is 2.53 bits per heavy atom. The van der Waals surface area contributed by atoms with Crippen molar-refractivity contribution >= 4 is 28.6 Å². The molecule has 3 aromatic rings. The van der Waals surface area contributed by atoms with E-state index in [4.69, 9.17) is 5.26 Å². The first-order chi connectivity index (χ1) is 15.4. The molecule has 1 heterocycles. The van der Waals surface area contributed by atoms with Crippen LogP contribution >= 0.6 is 0 Å². The number of carbonyl (C=O) groups excluding carboxylic acids is 3. The zero-order valence-electron chi connectivity index (χ0n) is 17.6. The van der Waals surface area contributed by atoms with Crippen LogP contribution in [0.3, 0.4) is 0 Å². The van der Waals surface area contributed by atoms with Gasteiger partial charge in [0.15, 0.2) is 0 Å². The van der Waals surface area contributed by atoms with E-state index in [0.29, 0.717) is 11.1 Å². The van der Waals surface area contributed by atoms with Gasteiger partial charge in [-0.2, -0.15) is 5.26 Å². The summed E-state index contributed by atoms with van der Waals surface area (Å²) in [5.74, 6) is -1.97. The van der Waals surface area contributed by atoms with Crippen molar-refractivity contribution in [1.82, 2.24) is 20.5 Å². The van der Waals surface area contributed by atoms with Gasteiger partial charge in [0.1, 0.15) is 6.54 Å². The van der Waals surface area contributed by atoms with Crippen LogP contribution in [0.25, 0.3) is 10.9 Å². The third kappa shape index (κ3) is 4.05. The molecule has 3 N–H and O–H groups in total. The first-order valence-electron chi connectivity index (χ1n) is 10.3. The van der Waals surface area contributed by atoms with Gasteiger partial charge in [-0.1, -0.05) is 30.3 Å². The van der Waals surface area contributed by atoms with E-state index in [2.05, 4.69) is 38.7 Å². The van der Waals surface area contributed by atoms with Crippen molar-refractivity contribution < 1.29 is 14.4 Å². The zero-order chi connectivity index (χ0) is 22.7. The summed E-state index contributed by atoms with van der Waals surface area (Å²) in [6, 6.07) is 16.9. The maximum atomic E-state index is 13.2. The standard InChI is InChI=1S/C24H23N5O3/c1-29-14-9-18-19(7-4-8-20(18)29)24(10-11-24)28-21(30)17-6-3-2-5-16(17)15-27-23(32)22(31)26-13-12-25/h2-9,14H,10-11,13,15H2,1H3,(H,26,31)(H,27,32)(H,28,30). The van der Waals surface area contributed by atoms with Crippen molar-refractivity contribution in [1.29, 1.82) is 5.26 Å². The Bertz CT molecular complexity index is 1250. The summed E-state index contributed by atoms with van der Waals surface area (Å²) in [7, 11) is 2.00. The van der Waals surface area contributed by atoms with E-state index in [-0.39, 0.29) is 19.0 Å². The van der Waals surface area contributed by atoms with Gasteiger partial charge in [0, 0.05) is 36.3 Å². The lowest BCUT2D eigenvalue weighted by Crippen LogP contribution is -2.40. The number of hydrogen-bond acceptors (Lipinski definition) is 4. The minimum atomic E-state index is -0.888. The number of nitrogens with zero attached hydrogens (tertiary/aromatic N) is 2. The Morgan fingerprint density at radius 2 is 1.78 bits per heavy atom. The highest BCUT2D eigenvalue weighted by atomic mass is 16.2. The van der Waals surface area contributed by atoms with Gasteiger partial charge in [-0.15, -0.1) is 0 Å². The van der Waals surface area contributed by atoms with Gasteiger partial charge in [-0.05, 0) is 42.2 Å². The summed E-state index contributed by atoms with van der Waals surface area (Å²) in [6.45, 7) is -0.231. The summed E-state index contributed by atoms with van der Waals surface area (Å²) in [6.07, 6.45) is 3.71. The lowest BCUT2D eigenvalue weighted by atomic mass is 9.99. The Hall–Kier alpha value is -4.12. The average Bonchev–Trinajstić information content (AvgIpc) is 3.49. The number of nitriles is 1. The van der Waals surface area contributed by atoms with E-state index in [0.717, 1.165) is 29.3 Å². The van der Waals surface area contributed by atoms with Crippen LogP contribution in [-0.2, 0) is 28.7 Å². The fraction of sp³-hybridized carbons (Fsp3) is 0.250. The number of aromatic nitrogens is 1. The summed E-state index contributed by atoms with van der Waals surface area (Å²) in [4.78, 5) is 36.8. The van der Waals surface area contributed by atoms with Crippen LogP contribution in [0.4, 0.5) is 0 Å². The van der Waals surface area contributed by atoms with E-state index in [9.17, 15) is 14.4 Å². The van der Waals surface area contributed by atoms with Crippen molar-refractivity contribution in [2.45, 2.75) is 24.9 Å². The third-order valence-electron chi connectivity index (χ3n) is 5.78. The Kier molecular flexibility index (Phi) is 5.65. The Morgan fingerprint density at radius 1 is 1.03 bits per heavy atom. The van der Waals surface area contributed by atoms with E-state index in [1.807, 2.05) is 19.3 Å². The monoisotopic (exact) mass is 429 g/mol. The quantitative estimate of drug-likeness (QED) is 0.410. The van der Waals surface area contributed by atoms with Crippen LogP contribution in [0.1, 0.15) is 34.3 Å². The van der Waals surface area contributed by atoms with Crippen molar-refractivity contribution in [2.24, 2.45) is 7.05 Å². The molecule has 0 saturated heterocycles. The molecule has 1 aliphatic rings. The Labute approximate surface area is 185 Å². The van der Waals surface area contributed by atoms with Gasteiger partial charge in [0.05, 0.1) is 11.6 Å². The molecule has 1 aromatic heterocycles. The van der Waals surface area contributed by atoms with Gasteiger partial charge in [-0.3, -0.25) is 14.4 Å². The average molecular weight is 429 g/mol. The summed E-state index contributed by atoms with van der Waals surface area (Å²) in [5.41, 5.74) is 2.84. The van der Waals surface area contributed by atoms with Gasteiger partial charge < -0.3 is 20.5 Å². The highest BCUT2D eigenvalue weighted by Crippen LogP contribution is 2.48. The molecule has 0 aliphatic heterocycles. The first-order valence-corrected chi connectivity index (χ1v) is 10.3. The maximum Gasteiger partial charge on any atom is 0.310 e. The molecule has 1 saturated carbocycles.